The van der Waals surface area contributed by atoms with Gasteiger partial charge in [0.05, 0.1) is 17.8 Å². The monoisotopic (exact) mass is 344 g/mol. The van der Waals surface area contributed by atoms with Gasteiger partial charge in [0, 0.05) is 23.3 Å². The van der Waals surface area contributed by atoms with Crippen molar-refractivity contribution in [1.29, 1.82) is 0 Å². The molecule has 0 radical (unpaired) electrons. The molecule has 5 nitrogen and oxygen atoms in total. The van der Waals surface area contributed by atoms with E-state index in [0.717, 1.165) is 30.0 Å². The maximum absolute atomic E-state index is 12.9. The number of urea groups is 1. The van der Waals surface area contributed by atoms with Crippen LogP contribution in [0.4, 0.5) is 4.79 Å². The van der Waals surface area contributed by atoms with E-state index in [1.165, 1.54) is 4.88 Å². The van der Waals surface area contributed by atoms with Crippen LogP contribution < -0.4 is 5.32 Å². The van der Waals surface area contributed by atoms with Crippen molar-refractivity contribution in [3.8, 4) is 0 Å². The van der Waals surface area contributed by atoms with Crippen molar-refractivity contribution in [3.05, 3.63) is 46.2 Å². The predicted octanol–water partition coefficient (Wildman–Crippen LogP) is 4.10. The molecule has 6 heteroatoms. The summed E-state index contributed by atoms with van der Waals surface area (Å²) in [5.41, 5.74) is 0.926. The van der Waals surface area contributed by atoms with E-state index in [-0.39, 0.29) is 18.1 Å². The summed E-state index contributed by atoms with van der Waals surface area (Å²) in [5.74, 6) is 0. The molecule has 1 saturated carbocycles. The summed E-state index contributed by atoms with van der Waals surface area (Å²) in [6, 6.07) is 6.01. The highest BCUT2D eigenvalue weighted by molar-refractivity contribution is 7.11. The highest BCUT2D eigenvalue weighted by Crippen LogP contribution is 2.34. The zero-order valence-corrected chi connectivity index (χ0v) is 15.2. The molecular weight excluding hydrogens is 320 g/mol. The number of carbonyl (C=O) groups is 1. The van der Waals surface area contributed by atoms with Crippen LogP contribution in [0, 0.1) is 0 Å². The minimum Gasteiger partial charge on any atom is -0.329 e. The van der Waals surface area contributed by atoms with E-state index in [1.807, 2.05) is 43.1 Å². The number of thiazole rings is 1. The van der Waals surface area contributed by atoms with Gasteiger partial charge in [-0.3, -0.25) is 4.98 Å². The first kappa shape index (κ1) is 16.9. The standard InChI is InChI=1S/C18H24N4OS/c1-4-15-11-20-17(24-15)12(2)21-18(23)22(14-8-9-14)13(3)16-7-5-6-10-19-16/h5-7,10-14H,4,8-9H2,1-3H3,(H,21,23)/t12-,13-/m0/s1. The second kappa shape index (κ2) is 7.30. The van der Waals surface area contributed by atoms with Gasteiger partial charge in [0.1, 0.15) is 5.01 Å². The molecule has 0 bridgehead atoms. The van der Waals surface area contributed by atoms with Gasteiger partial charge in [0.15, 0.2) is 0 Å². The first-order valence-corrected chi connectivity index (χ1v) is 9.36. The fraction of sp³-hybridized carbons (Fsp3) is 0.500. The Hall–Kier alpha value is -1.95. The Bertz CT molecular complexity index is 683. The largest absolute Gasteiger partial charge is 0.329 e. The summed E-state index contributed by atoms with van der Waals surface area (Å²) in [7, 11) is 0. The van der Waals surface area contributed by atoms with Crippen LogP contribution in [0.15, 0.2) is 30.6 Å². The van der Waals surface area contributed by atoms with Crippen LogP contribution in [0.5, 0.6) is 0 Å². The number of rotatable bonds is 6. The summed E-state index contributed by atoms with van der Waals surface area (Å²) < 4.78 is 0. The second-order valence-electron chi connectivity index (χ2n) is 6.26. The van der Waals surface area contributed by atoms with Crippen LogP contribution in [-0.2, 0) is 6.42 Å². The fourth-order valence-electron chi connectivity index (χ4n) is 2.78. The maximum atomic E-state index is 12.9. The highest BCUT2D eigenvalue weighted by atomic mass is 32.1. The zero-order valence-electron chi connectivity index (χ0n) is 14.4. The van der Waals surface area contributed by atoms with Gasteiger partial charge in [-0.15, -0.1) is 11.3 Å². The molecule has 2 amide bonds. The smallest absolute Gasteiger partial charge is 0.318 e. The minimum absolute atomic E-state index is 0.0311. The Kier molecular flexibility index (Phi) is 5.14. The topological polar surface area (TPSA) is 58.1 Å². The Morgan fingerprint density at radius 3 is 2.75 bits per heavy atom. The van der Waals surface area contributed by atoms with Crippen LogP contribution in [0.2, 0.25) is 0 Å². The van der Waals surface area contributed by atoms with Gasteiger partial charge < -0.3 is 10.2 Å². The number of nitrogens with one attached hydrogen (secondary N) is 1. The lowest BCUT2D eigenvalue weighted by molar-refractivity contribution is 0.170. The molecule has 0 aliphatic heterocycles. The molecule has 2 aromatic heterocycles. The van der Waals surface area contributed by atoms with Crippen molar-refractivity contribution < 1.29 is 4.79 Å². The Balaban J connectivity index is 1.70. The van der Waals surface area contributed by atoms with Gasteiger partial charge in [-0.2, -0.15) is 0 Å². The van der Waals surface area contributed by atoms with Crippen LogP contribution in [-0.4, -0.2) is 26.9 Å². The molecule has 1 aliphatic rings. The lowest BCUT2D eigenvalue weighted by atomic mass is 10.2. The molecule has 2 heterocycles. The van der Waals surface area contributed by atoms with Gasteiger partial charge in [-0.25, -0.2) is 9.78 Å². The molecule has 1 aliphatic carbocycles. The molecule has 0 unspecified atom stereocenters. The third-order valence-corrected chi connectivity index (χ3v) is 5.66. The summed E-state index contributed by atoms with van der Waals surface area (Å²) >= 11 is 1.67. The molecular formula is C18H24N4OS. The lowest BCUT2D eigenvalue weighted by Gasteiger charge is -2.30. The predicted molar refractivity (Wildman–Crippen MR) is 96.0 cm³/mol. The summed E-state index contributed by atoms with van der Waals surface area (Å²) in [5, 5.41) is 4.07. The van der Waals surface area contributed by atoms with Gasteiger partial charge in [0.25, 0.3) is 0 Å². The van der Waals surface area contributed by atoms with E-state index in [0.29, 0.717) is 6.04 Å². The van der Waals surface area contributed by atoms with E-state index in [4.69, 9.17) is 0 Å². The van der Waals surface area contributed by atoms with Crippen molar-refractivity contribution in [2.45, 2.75) is 58.2 Å². The van der Waals surface area contributed by atoms with Gasteiger partial charge >= 0.3 is 6.03 Å². The zero-order chi connectivity index (χ0) is 17.1. The first-order valence-electron chi connectivity index (χ1n) is 8.54. The average Bonchev–Trinajstić information content (AvgIpc) is 3.30. The van der Waals surface area contributed by atoms with Crippen LogP contribution >= 0.6 is 11.3 Å². The third kappa shape index (κ3) is 3.75. The lowest BCUT2D eigenvalue weighted by Crippen LogP contribution is -2.43. The average molecular weight is 344 g/mol. The second-order valence-corrected chi connectivity index (χ2v) is 7.41. The number of hydrogen-bond acceptors (Lipinski definition) is 4. The maximum Gasteiger partial charge on any atom is 0.318 e. The SMILES string of the molecule is CCc1cnc([C@H](C)NC(=O)N(C2CC2)[C@@H](C)c2ccccn2)s1. The molecule has 2 aromatic rings. The molecule has 0 spiro atoms. The Labute approximate surface area is 147 Å². The molecule has 24 heavy (non-hydrogen) atoms. The van der Waals surface area contributed by atoms with E-state index in [2.05, 4.69) is 22.2 Å². The van der Waals surface area contributed by atoms with Crippen molar-refractivity contribution in [3.63, 3.8) is 0 Å². The number of pyridine rings is 1. The number of nitrogens with zero attached hydrogens (tertiary/aromatic N) is 3. The van der Waals surface area contributed by atoms with E-state index >= 15 is 0 Å². The van der Waals surface area contributed by atoms with Gasteiger partial charge in [-0.05, 0) is 45.2 Å². The number of hydrogen-bond donors (Lipinski definition) is 1. The summed E-state index contributed by atoms with van der Waals surface area (Å²) in [6.45, 7) is 6.15. The van der Waals surface area contributed by atoms with E-state index in [9.17, 15) is 4.79 Å². The summed E-state index contributed by atoms with van der Waals surface area (Å²) in [6.07, 6.45) is 6.78. The molecule has 128 valence electrons. The van der Waals surface area contributed by atoms with Crippen LogP contribution in [0.3, 0.4) is 0 Å². The van der Waals surface area contributed by atoms with E-state index in [1.54, 1.807) is 17.5 Å². The van der Waals surface area contributed by atoms with Crippen LogP contribution in [0.1, 0.15) is 61.3 Å². The first-order chi connectivity index (χ1) is 11.6. The molecule has 0 aromatic carbocycles. The molecule has 1 N–H and O–H groups in total. The highest BCUT2D eigenvalue weighted by Gasteiger charge is 2.37. The third-order valence-electron chi connectivity index (χ3n) is 4.34. The number of aromatic nitrogens is 2. The van der Waals surface area contributed by atoms with Crippen molar-refractivity contribution in [2.24, 2.45) is 0 Å². The van der Waals surface area contributed by atoms with E-state index < -0.39 is 0 Å². The minimum atomic E-state index is -0.0833. The number of carbonyl (C=O) groups excluding carboxylic acids is 1. The number of aryl methyl sites for hydroxylation is 1. The van der Waals surface area contributed by atoms with Crippen molar-refractivity contribution in [1.82, 2.24) is 20.2 Å². The molecule has 0 saturated heterocycles. The Morgan fingerprint density at radius 2 is 2.17 bits per heavy atom. The van der Waals surface area contributed by atoms with Gasteiger partial charge in [-0.1, -0.05) is 13.0 Å². The summed E-state index contributed by atoms with van der Waals surface area (Å²) in [4.78, 5) is 24.9. The fourth-order valence-corrected chi connectivity index (χ4v) is 3.64. The van der Waals surface area contributed by atoms with Gasteiger partial charge in [0.2, 0.25) is 0 Å². The molecule has 2 atom stereocenters. The number of amides is 2. The van der Waals surface area contributed by atoms with Crippen molar-refractivity contribution in [2.75, 3.05) is 0 Å². The quantitative estimate of drug-likeness (QED) is 0.858. The van der Waals surface area contributed by atoms with Crippen LogP contribution in [0.25, 0.3) is 0 Å². The molecule has 3 rings (SSSR count). The Morgan fingerprint density at radius 1 is 1.38 bits per heavy atom. The van der Waals surface area contributed by atoms with Crippen molar-refractivity contribution >= 4 is 17.4 Å². The molecule has 1 fully saturated rings. The normalized spacial score (nSPS) is 16.5.